The maximum absolute atomic E-state index is 10.4. The Morgan fingerprint density at radius 3 is 2.89 bits per heavy atom. The third-order valence-electron chi connectivity index (χ3n) is 0.718. The zero-order valence-electron chi connectivity index (χ0n) is 5.59. The van der Waals surface area contributed by atoms with E-state index < -0.39 is 0 Å². The molecule has 0 N–H and O–H groups in total. The highest BCUT2D eigenvalue weighted by molar-refractivity contribution is 7.98. The van der Waals surface area contributed by atoms with Gasteiger partial charge in [-0.15, -0.1) is 0 Å². The van der Waals surface area contributed by atoms with Crippen LogP contribution in [0.4, 0.5) is 0 Å². The van der Waals surface area contributed by atoms with Crippen molar-refractivity contribution in [1.82, 2.24) is 0 Å². The predicted molar refractivity (Wildman–Crippen MR) is 39.5 cm³/mol. The van der Waals surface area contributed by atoms with Crippen molar-refractivity contribution >= 4 is 17.7 Å². The molecule has 0 rings (SSSR count). The number of hydrogen-bond donors (Lipinski definition) is 0. The van der Waals surface area contributed by atoms with Crippen molar-refractivity contribution in [3.63, 3.8) is 0 Å². The Balaban J connectivity index is 3.32. The lowest BCUT2D eigenvalue weighted by Gasteiger charge is -1.87. The number of carbonyl (C=O) groups is 1. The van der Waals surface area contributed by atoms with Crippen LogP contribution in [0.15, 0.2) is 12.2 Å². The lowest BCUT2D eigenvalue weighted by Crippen LogP contribution is -1.93. The summed E-state index contributed by atoms with van der Waals surface area (Å²) in [7, 11) is 1.37. The molecule has 0 saturated heterocycles. The molecule has 0 aromatic heterocycles. The van der Waals surface area contributed by atoms with E-state index in [-0.39, 0.29) is 5.97 Å². The smallest absolute Gasteiger partial charge is 0.330 e. The maximum atomic E-state index is 10.4. The van der Waals surface area contributed by atoms with E-state index in [4.69, 9.17) is 0 Å². The van der Waals surface area contributed by atoms with Crippen LogP contribution in [0.5, 0.6) is 0 Å². The van der Waals surface area contributed by atoms with Crippen molar-refractivity contribution in [2.75, 3.05) is 19.1 Å². The van der Waals surface area contributed by atoms with Crippen molar-refractivity contribution in [3.8, 4) is 0 Å². The van der Waals surface area contributed by atoms with E-state index in [2.05, 4.69) is 4.74 Å². The Bertz CT molecular complexity index is 110. The average molecular weight is 146 g/mol. The molecule has 0 aromatic carbocycles. The highest BCUT2D eigenvalue weighted by atomic mass is 32.2. The standard InChI is InChI=1S/C6H10O2S/c1-8-6(7)4-3-5-9-2/h3-4H,5H2,1-2H3. The molecular formula is C6H10O2S. The second-order valence-corrected chi connectivity index (χ2v) is 2.29. The normalized spacial score (nSPS) is 10.0. The fourth-order valence-electron chi connectivity index (χ4n) is 0.309. The molecule has 0 aromatic rings. The highest BCUT2D eigenvalue weighted by Gasteiger charge is 1.86. The van der Waals surface area contributed by atoms with Crippen LogP contribution in [0.2, 0.25) is 0 Å². The molecule has 0 atom stereocenters. The number of rotatable bonds is 3. The van der Waals surface area contributed by atoms with Crippen LogP contribution in [-0.4, -0.2) is 25.1 Å². The van der Waals surface area contributed by atoms with Crippen molar-refractivity contribution in [2.45, 2.75) is 0 Å². The van der Waals surface area contributed by atoms with Gasteiger partial charge >= 0.3 is 5.97 Å². The van der Waals surface area contributed by atoms with Crippen molar-refractivity contribution < 1.29 is 9.53 Å². The molecule has 3 heteroatoms. The van der Waals surface area contributed by atoms with Gasteiger partial charge in [0, 0.05) is 11.8 Å². The van der Waals surface area contributed by atoms with Gasteiger partial charge in [-0.25, -0.2) is 4.79 Å². The van der Waals surface area contributed by atoms with E-state index in [0.717, 1.165) is 5.75 Å². The number of hydrogen-bond acceptors (Lipinski definition) is 3. The quantitative estimate of drug-likeness (QED) is 0.440. The summed E-state index contributed by atoms with van der Waals surface area (Å²) in [4.78, 5) is 10.4. The van der Waals surface area contributed by atoms with Crippen LogP contribution < -0.4 is 0 Å². The van der Waals surface area contributed by atoms with Gasteiger partial charge in [0.25, 0.3) is 0 Å². The Kier molecular flexibility index (Phi) is 5.41. The van der Waals surface area contributed by atoms with Gasteiger partial charge < -0.3 is 4.74 Å². The largest absolute Gasteiger partial charge is 0.466 e. The SMILES string of the molecule is COC(=O)C=CCSC. The number of carbonyl (C=O) groups excluding carboxylic acids is 1. The zero-order chi connectivity index (χ0) is 7.11. The molecule has 52 valence electrons. The van der Waals surface area contributed by atoms with Crippen molar-refractivity contribution in [1.29, 1.82) is 0 Å². The molecule has 0 amide bonds. The van der Waals surface area contributed by atoms with Crippen LogP contribution in [0.25, 0.3) is 0 Å². The van der Waals surface area contributed by atoms with Crippen LogP contribution >= 0.6 is 11.8 Å². The first kappa shape index (κ1) is 8.56. The summed E-state index contributed by atoms with van der Waals surface area (Å²) >= 11 is 1.66. The number of ether oxygens (including phenoxy) is 1. The molecule has 0 radical (unpaired) electrons. The van der Waals surface area contributed by atoms with Gasteiger partial charge in [0.2, 0.25) is 0 Å². The second-order valence-electron chi connectivity index (χ2n) is 1.38. The molecule has 0 bridgehead atoms. The lowest BCUT2D eigenvalue weighted by atomic mass is 10.5. The van der Waals surface area contributed by atoms with Crippen molar-refractivity contribution in [2.24, 2.45) is 0 Å². The minimum absolute atomic E-state index is 0.288. The van der Waals surface area contributed by atoms with E-state index in [9.17, 15) is 4.79 Å². The number of esters is 1. The average Bonchev–Trinajstić information content (AvgIpc) is 1.89. The van der Waals surface area contributed by atoms with E-state index >= 15 is 0 Å². The van der Waals surface area contributed by atoms with Gasteiger partial charge in [-0.2, -0.15) is 11.8 Å². The van der Waals surface area contributed by atoms with E-state index in [1.165, 1.54) is 13.2 Å². The summed E-state index contributed by atoms with van der Waals surface area (Å²) in [6, 6.07) is 0. The molecule has 2 nitrogen and oxygen atoms in total. The number of thioether (sulfide) groups is 1. The fraction of sp³-hybridized carbons (Fsp3) is 0.500. The molecule has 0 saturated carbocycles. The fourth-order valence-corrected chi connectivity index (χ4v) is 0.597. The Morgan fingerprint density at radius 2 is 2.44 bits per heavy atom. The summed E-state index contributed by atoms with van der Waals surface area (Å²) in [5, 5.41) is 0. The van der Waals surface area contributed by atoms with Crippen LogP contribution in [-0.2, 0) is 9.53 Å². The molecule has 0 aliphatic heterocycles. The first-order valence-electron chi connectivity index (χ1n) is 2.54. The van der Waals surface area contributed by atoms with Crippen LogP contribution in [0.1, 0.15) is 0 Å². The van der Waals surface area contributed by atoms with Gasteiger partial charge in [-0.05, 0) is 6.26 Å². The van der Waals surface area contributed by atoms with Gasteiger partial charge in [-0.3, -0.25) is 0 Å². The Hall–Kier alpha value is -0.440. The first-order chi connectivity index (χ1) is 4.31. The summed E-state index contributed by atoms with van der Waals surface area (Å²) < 4.78 is 4.36. The van der Waals surface area contributed by atoms with E-state index in [1.807, 2.05) is 6.26 Å². The summed E-state index contributed by atoms with van der Waals surface area (Å²) in [5.41, 5.74) is 0. The molecule has 0 unspecified atom stereocenters. The van der Waals surface area contributed by atoms with Gasteiger partial charge in [-0.1, -0.05) is 6.08 Å². The summed E-state index contributed by atoms with van der Waals surface area (Å²) in [5.74, 6) is 0.568. The molecule has 0 spiro atoms. The first-order valence-corrected chi connectivity index (χ1v) is 3.94. The molecular weight excluding hydrogens is 136 g/mol. The zero-order valence-corrected chi connectivity index (χ0v) is 6.40. The molecule has 0 aliphatic carbocycles. The third kappa shape index (κ3) is 5.43. The topological polar surface area (TPSA) is 26.3 Å². The van der Waals surface area contributed by atoms with Crippen molar-refractivity contribution in [3.05, 3.63) is 12.2 Å². The van der Waals surface area contributed by atoms with Gasteiger partial charge in [0.15, 0.2) is 0 Å². The maximum Gasteiger partial charge on any atom is 0.330 e. The van der Waals surface area contributed by atoms with E-state index in [1.54, 1.807) is 17.8 Å². The lowest BCUT2D eigenvalue weighted by molar-refractivity contribution is -0.134. The van der Waals surface area contributed by atoms with Crippen LogP contribution in [0.3, 0.4) is 0 Å². The highest BCUT2D eigenvalue weighted by Crippen LogP contribution is 1.90. The van der Waals surface area contributed by atoms with Gasteiger partial charge in [0.05, 0.1) is 7.11 Å². The summed E-state index contributed by atoms with van der Waals surface area (Å²) in [6.07, 6.45) is 5.18. The van der Waals surface area contributed by atoms with E-state index in [0.29, 0.717) is 0 Å². The molecule has 9 heavy (non-hydrogen) atoms. The number of methoxy groups -OCH3 is 1. The molecule has 0 fully saturated rings. The minimum atomic E-state index is -0.288. The minimum Gasteiger partial charge on any atom is -0.466 e. The Labute approximate surface area is 59.3 Å². The Morgan fingerprint density at radius 1 is 1.78 bits per heavy atom. The third-order valence-corrected chi connectivity index (χ3v) is 1.24. The van der Waals surface area contributed by atoms with Crippen LogP contribution in [0, 0.1) is 0 Å². The molecule has 0 heterocycles. The monoisotopic (exact) mass is 146 g/mol. The summed E-state index contributed by atoms with van der Waals surface area (Å²) in [6.45, 7) is 0. The second kappa shape index (κ2) is 5.69. The predicted octanol–water partition coefficient (Wildman–Crippen LogP) is 1.08. The van der Waals surface area contributed by atoms with Gasteiger partial charge in [0.1, 0.15) is 0 Å². The molecule has 0 aliphatic rings.